The van der Waals surface area contributed by atoms with Gasteiger partial charge in [0.2, 0.25) is 5.91 Å². The Bertz CT molecular complexity index is 436. The largest absolute Gasteiger partial charge is 0.372 e. The van der Waals surface area contributed by atoms with E-state index in [2.05, 4.69) is 32.0 Å². The predicted molar refractivity (Wildman–Crippen MR) is 76.3 cm³/mol. The summed E-state index contributed by atoms with van der Waals surface area (Å²) in [6.07, 6.45) is 1.06. The van der Waals surface area contributed by atoms with Gasteiger partial charge in [-0.05, 0) is 32.8 Å². The van der Waals surface area contributed by atoms with Gasteiger partial charge in [-0.1, -0.05) is 29.3 Å². The molecule has 1 fully saturated rings. The van der Waals surface area contributed by atoms with Crippen LogP contribution < -0.4 is 0 Å². The van der Waals surface area contributed by atoms with Gasteiger partial charge in [-0.15, -0.1) is 0 Å². The third-order valence-corrected chi connectivity index (χ3v) is 3.69. The highest BCUT2D eigenvalue weighted by Crippen LogP contribution is 2.28. The van der Waals surface area contributed by atoms with Crippen LogP contribution in [0.15, 0.2) is 18.2 Å². The van der Waals surface area contributed by atoms with E-state index < -0.39 is 0 Å². The van der Waals surface area contributed by atoms with Crippen molar-refractivity contribution in [3.05, 3.63) is 34.9 Å². The number of ether oxygens (including phenoxy) is 1. The van der Waals surface area contributed by atoms with Gasteiger partial charge in [0, 0.05) is 25.6 Å². The first-order valence-corrected chi connectivity index (χ1v) is 7.04. The van der Waals surface area contributed by atoms with Crippen molar-refractivity contribution in [1.29, 1.82) is 0 Å². The molecular formula is C16H23NO2. The predicted octanol–water partition coefficient (Wildman–Crippen LogP) is 2.66. The van der Waals surface area contributed by atoms with Crippen molar-refractivity contribution in [2.45, 2.75) is 33.1 Å². The molecule has 0 radical (unpaired) electrons. The minimum absolute atomic E-state index is 0.119. The molecule has 1 aliphatic heterocycles. The van der Waals surface area contributed by atoms with E-state index in [1.165, 1.54) is 16.7 Å². The summed E-state index contributed by atoms with van der Waals surface area (Å²) in [4.78, 5) is 13.8. The van der Waals surface area contributed by atoms with Gasteiger partial charge in [0.05, 0.1) is 0 Å². The molecule has 0 saturated carbocycles. The lowest BCUT2D eigenvalue weighted by Crippen LogP contribution is -2.31. The monoisotopic (exact) mass is 261 g/mol. The fraction of sp³-hybridized carbons (Fsp3) is 0.562. The van der Waals surface area contributed by atoms with Crippen molar-refractivity contribution >= 4 is 5.91 Å². The summed E-state index contributed by atoms with van der Waals surface area (Å²) in [5.41, 5.74) is 3.97. The second kappa shape index (κ2) is 6.20. The summed E-state index contributed by atoms with van der Waals surface area (Å²) in [6.45, 7) is 8.66. The van der Waals surface area contributed by atoms with Gasteiger partial charge in [-0.2, -0.15) is 0 Å². The highest BCUT2D eigenvalue weighted by molar-refractivity contribution is 5.77. The van der Waals surface area contributed by atoms with Crippen molar-refractivity contribution in [3.63, 3.8) is 0 Å². The van der Waals surface area contributed by atoms with E-state index in [1.807, 2.05) is 11.8 Å². The van der Waals surface area contributed by atoms with Crippen molar-refractivity contribution in [1.82, 2.24) is 4.90 Å². The van der Waals surface area contributed by atoms with E-state index in [9.17, 15) is 4.79 Å². The standard InChI is InChI=1S/C16H23NO2/c1-4-19-11-16(18)17-6-5-14(10-17)15-8-12(2)7-13(3)9-15/h7-9,14H,4-6,10-11H2,1-3H3/t14-/m0/s1. The topological polar surface area (TPSA) is 29.5 Å². The van der Waals surface area contributed by atoms with Crippen LogP contribution >= 0.6 is 0 Å². The van der Waals surface area contributed by atoms with E-state index in [-0.39, 0.29) is 12.5 Å². The van der Waals surface area contributed by atoms with E-state index >= 15 is 0 Å². The molecule has 19 heavy (non-hydrogen) atoms. The lowest BCUT2D eigenvalue weighted by molar-refractivity contribution is -0.134. The summed E-state index contributed by atoms with van der Waals surface area (Å²) < 4.78 is 5.20. The van der Waals surface area contributed by atoms with Gasteiger partial charge in [0.15, 0.2) is 0 Å². The fourth-order valence-electron chi connectivity index (χ4n) is 2.79. The second-order valence-corrected chi connectivity index (χ2v) is 5.38. The SMILES string of the molecule is CCOCC(=O)N1CC[C@H](c2cc(C)cc(C)c2)C1. The second-order valence-electron chi connectivity index (χ2n) is 5.38. The summed E-state index contributed by atoms with van der Waals surface area (Å²) in [5, 5.41) is 0. The summed E-state index contributed by atoms with van der Waals surface area (Å²) >= 11 is 0. The molecule has 1 aromatic rings. The molecule has 1 aliphatic rings. The zero-order valence-electron chi connectivity index (χ0n) is 12.1. The van der Waals surface area contributed by atoms with Crippen LogP contribution in [0.5, 0.6) is 0 Å². The van der Waals surface area contributed by atoms with Crippen LogP contribution in [0, 0.1) is 13.8 Å². The molecule has 3 nitrogen and oxygen atoms in total. The molecule has 104 valence electrons. The summed E-state index contributed by atoms with van der Waals surface area (Å²) in [5.74, 6) is 0.595. The molecular weight excluding hydrogens is 238 g/mol. The van der Waals surface area contributed by atoms with Crippen LogP contribution in [0.25, 0.3) is 0 Å². The molecule has 1 saturated heterocycles. The fourth-order valence-corrected chi connectivity index (χ4v) is 2.79. The quantitative estimate of drug-likeness (QED) is 0.834. The number of hydrogen-bond donors (Lipinski definition) is 0. The summed E-state index contributed by atoms with van der Waals surface area (Å²) in [7, 11) is 0. The molecule has 0 bridgehead atoms. The molecule has 0 N–H and O–H groups in total. The highest BCUT2D eigenvalue weighted by atomic mass is 16.5. The van der Waals surface area contributed by atoms with Crippen molar-refractivity contribution in [3.8, 4) is 0 Å². The number of carbonyl (C=O) groups excluding carboxylic acids is 1. The Balaban J connectivity index is 1.99. The zero-order chi connectivity index (χ0) is 13.8. The van der Waals surface area contributed by atoms with Crippen molar-refractivity contribution in [2.75, 3.05) is 26.3 Å². The van der Waals surface area contributed by atoms with Crippen LogP contribution in [0.3, 0.4) is 0 Å². The van der Waals surface area contributed by atoms with Crippen LogP contribution in [0.4, 0.5) is 0 Å². The first kappa shape index (κ1) is 14.1. The zero-order valence-corrected chi connectivity index (χ0v) is 12.1. The number of amides is 1. The van der Waals surface area contributed by atoms with Gasteiger partial charge in [-0.25, -0.2) is 0 Å². The highest BCUT2D eigenvalue weighted by Gasteiger charge is 2.27. The molecule has 1 aromatic carbocycles. The Kier molecular flexibility index (Phi) is 4.59. The maximum Gasteiger partial charge on any atom is 0.248 e. The summed E-state index contributed by atoms with van der Waals surface area (Å²) in [6, 6.07) is 6.68. The Labute approximate surface area is 115 Å². The molecule has 0 spiro atoms. The van der Waals surface area contributed by atoms with Crippen molar-refractivity contribution < 1.29 is 9.53 Å². The lowest BCUT2D eigenvalue weighted by Gasteiger charge is -2.17. The number of likely N-dealkylation sites (tertiary alicyclic amines) is 1. The maximum absolute atomic E-state index is 11.9. The molecule has 0 unspecified atom stereocenters. The number of aryl methyl sites for hydroxylation is 2. The molecule has 0 aliphatic carbocycles. The molecule has 2 rings (SSSR count). The number of benzene rings is 1. The molecule has 3 heteroatoms. The maximum atomic E-state index is 11.9. The molecule has 1 amide bonds. The first-order chi connectivity index (χ1) is 9.10. The van der Waals surface area contributed by atoms with Crippen LogP contribution in [0.1, 0.15) is 36.0 Å². The Morgan fingerprint density at radius 2 is 2.00 bits per heavy atom. The molecule has 1 heterocycles. The van der Waals surface area contributed by atoms with Gasteiger partial charge < -0.3 is 9.64 Å². The number of nitrogens with zero attached hydrogens (tertiary/aromatic N) is 1. The molecule has 1 atom stereocenters. The van der Waals surface area contributed by atoms with Gasteiger partial charge in [0.1, 0.15) is 6.61 Å². The number of rotatable bonds is 4. The Hall–Kier alpha value is -1.35. The van der Waals surface area contributed by atoms with Crippen molar-refractivity contribution in [2.24, 2.45) is 0 Å². The van der Waals surface area contributed by atoms with E-state index in [1.54, 1.807) is 0 Å². The first-order valence-electron chi connectivity index (χ1n) is 7.04. The lowest BCUT2D eigenvalue weighted by atomic mass is 9.95. The number of hydrogen-bond acceptors (Lipinski definition) is 2. The average molecular weight is 261 g/mol. The third-order valence-electron chi connectivity index (χ3n) is 3.69. The average Bonchev–Trinajstić information content (AvgIpc) is 2.84. The third kappa shape index (κ3) is 3.57. The normalized spacial score (nSPS) is 18.9. The minimum Gasteiger partial charge on any atom is -0.372 e. The van der Waals surface area contributed by atoms with Gasteiger partial charge in [0.25, 0.3) is 0 Å². The van der Waals surface area contributed by atoms with Gasteiger partial charge >= 0.3 is 0 Å². The van der Waals surface area contributed by atoms with Crippen LogP contribution in [-0.2, 0) is 9.53 Å². The van der Waals surface area contributed by atoms with E-state index in [0.29, 0.717) is 12.5 Å². The van der Waals surface area contributed by atoms with Crippen LogP contribution in [-0.4, -0.2) is 37.1 Å². The Morgan fingerprint density at radius 1 is 1.32 bits per heavy atom. The Morgan fingerprint density at radius 3 is 2.63 bits per heavy atom. The van der Waals surface area contributed by atoms with E-state index in [4.69, 9.17) is 4.74 Å². The molecule has 0 aromatic heterocycles. The van der Waals surface area contributed by atoms with Crippen LogP contribution in [0.2, 0.25) is 0 Å². The van der Waals surface area contributed by atoms with Gasteiger partial charge in [-0.3, -0.25) is 4.79 Å². The van der Waals surface area contributed by atoms with E-state index in [0.717, 1.165) is 19.5 Å². The minimum atomic E-state index is 0.119. The number of carbonyl (C=O) groups is 1. The smallest absolute Gasteiger partial charge is 0.248 e.